The van der Waals surface area contributed by atoms with Gasteiger partial charge in [0.05, 0.1) is 0 Å². The van der Waals surface area contributed by atoms with Gasteiger partial charge in [0.1, 0.15) is 6.07 Å². The standard InChI is InChI=1S/C7H5IN2O2/c8-5-1-2-7(4-9,6(11)12)10-3-5/h1-3,10H,(H,11,12). The highest BCUT2D eigenvalue weighted by Crippen LogP contribution is 2.17. The molecule has 0 spiro atoms. The Morgan fingerprint density at radius 2 is 2.50 bits per heavy atom. The Bertz CT molecular complexity index is 316. The molecule has 1 rings (SSSR count). The number of halogens is 1. The SMILES string of the molecule is N#CC1(C(=O)O)C=CC(I)=CN1. The number of dihydropyridines is 1. The molecule has 0 radical (unpaired) electrons. The van der Waals surface area contributed by atoms with E-state index >= 15 is 0 Å². The third kappa shape index (κ3) is 1.43. The molecule has 1 unspecified atom stereocenters. The highest BCUT2D eigenvalue weighted by Gasteiger charge is 2.36. The van der Waals surface area contributed by atoms with Crippen molar-refractivity contribution in [3.8, 4) is 6.07 Å². The highest BCUT2D eigenvalue weighted by molar-refractivity contribution is 14.1. The van der Waals surface area contributed by atoms with E-state index in [-0.39, 0.29) is 0 Å². The minimum Gasteiger partial charge on any atom is -0.478 e. The number of carbonyl (C=O) groups is 1. The molecular weight excluding hydrogens is 271 g/mol. The van der Waals surface area contributed by atoms with E-state index in [4.69, 9.17) is 10.4 Å². The summed E-state index contributed by atoms with van der Waals surface area (Å²) in [5, 5.41) is 19.8. The predicted molar refractivity (Wildman–Crippen MR) is 50.4 cm³/mol. The first kappa shape index (κ1) is 9.06. The molecule has 0 aromatic heterocycles. The van der Waals surface area contributed by atoms with E-state index in [9.17, 15) is 4.79 Å². The third-order valence-electron chi connectivity index (χ3n) is 1.44. The van der Waals surface area contributed by atoms with Crippen LogP contribution in [-0.4, -0.2) is 16.6 Å². The van der Waals surface area contributed by atoms with Gasteiger partial charge in [0, 0.05) is 9.78 Å². The zero-order chi connectivity index (χ0) is 9.19. The molecule has 2 N–H and O–H groups in total. The van der Waals surface area contributed by atoms with Gasteiger partial charge in [-0.3, -0.25) is 0 Å². The number of hydrogen-bond donors (Lipinski definition) is 2. The van der Waals surface area contributed by atoms with Gasteiger partial charge in [-0.1, -0.05) is 0 Å². The maximum Gasteiger partial charge on any atom is 0.348 e. The van der Waals surface area contributed by atoms with Crippen molar-refractivity contribution in [3.63, 3.8) is 0 Å². The first-order valence-corrected chi connectivity index (χ1v) is 4.16. The molecule has 0 aromatic carbocycles. The first-order valence-electron chi connectivity index (χ1n) is 3.08. The predicted octanol–water partition coefficient (Wildman–Crippen LogP) is 0.769. The van der Waals surface area contributed by atoms with Crippen LogP contribution in [0, 0.1) is 11.3 Å². The minimum absolute atomic E-state index is 0.861. The average molecular weight is 276 g/mol. The molecule has 1 heterocycles. The third-order valence-corrected chi connectivity index (χ3v) is 2.11. The van der Waals surface area contributed by atoms with E-state index in [1.807, 2.05) is 22.6 Å². The number of carboxylic acids is 1. The number of nitrogens with one attached hydrogen (secondary N) is 1. The fourth-order valence-electron chi connectivity index (χ4n) is 0.734. The summed E-state index contributed by atoms with van der Waals surface area (Å²) < 4.78 is 0.861. The van der Waals surface area contributed by atoms with Gasteiger partial charge < -0.3 is 10.4 Å². The number of hydrogen-bond acceptors (Lipinski definition) is 3. The van der Waals surface area contributed by atoms with Crippen molar-refractivity contribution in [2.75, 3.05) is 0 Å². The molecule has 5 heteroatoms. The van der Waals surface area contributed by atoms with E-state index < -0.39 is 11.5 Å². The van der Waals surface area contributed by atoms with Crippen molar-refractivity contribution < 1.29 is 9.90 Å². The van der Waals surface area contributed by atoms with Gasteiger partial charge in [-0.15, -0.1) is 0 Å². The normalized spacial score (nSPS) is 26.8. The Labute approximate surface area is 82.7 Å². The fraction of sp³-hybridized carbons (Fsp3) is 0.143. The van der Waals surface area contributed by atoms with Gasteiger partial charge >= 0.3 is 5.97 Å². The Morgan fingerprint density at radius 3 is 2.83 bits per heavy atom. The van der Waals surface area contributed by atoms with Crippen LogP contribution in [0.2, 0.25) is 0 Å². The van der Waals surface area contributed by atoms with Crippen LogP contribution in [0.5, 0.6) is 0 Å². The van der Waals surface area contributed by atoms with Gasteiger partial charge in [-0.2, -0.15) is 5.26 Å². The van der Waals surface area contributed by atoms with Crippen LogP contribution in [0.4, 0.5) is 0 Å². The summed E-state index contributed by atoms with van der Waals surface area (Å²) in [6.45, 7) is 0. The van der Waals surface area contributed by atoms with Crippen molar-refractivity contribution in [2.24, 2.45) is 0 Å². The number of allylic oxidation sites excluding steroid dienone is 2. The van der Waals surface area contributed by atoms with Crippen LogP contribution in [0.15, 0.2) is 21.9 Å². The van der Waals surface area contributed by atoms with Crippen LogP contribution in [-0.2, 0) is 4.79 Å². The largest absolute Gasteiger partial charge is 0.478 e. The van der Waals surface area contributed by atoms with E-state index in [0.717, 1.165) is 3.58 Å². The molecule has 0 saturated carbocycles. The molecule has 0 aliphatic carbocycles. The first-order chi connectivity index (χ1) is 5.60. The molecule has 0 aromatic rings. The molecule has 0 amide bonds. The molecule has 12 heavy (non-hydrogen) atoms. The minimum atomic E-state index is -1.59. The lowest BCUT2D eigenvalue weighted by atomic mass is 10.00. The second kappa shape index (κ2) is 3.15. The van der Waals surface area contributed by atoms with Gasteiger partial charge in [-0.05, 0) is 34.7 Å². The van der Waals surface area contributed by atoms with E-state index in [2.05, 4.69) is 5.32 Å². The summed E-state index contributed by atoms with van der Waals surface area (Å²) in [6.07, 6.45) is 4.42. The Balaban J connectivity index is 2.98. The van der Waals surface area contributed by atoms with Crippen molar-refractivity contribution >= 4 is 28.6 Å². The van der Waals surface area contributed by atoms with Gasteiger partial charge in [0.25, 0.3) is 0 Å². The maximum absolute atomic E-state index is 10.6. The fourth-order valence-corrected chi connectivity index (χ4v) is 1.07. The van der Waals surface area contributed by atoms with Crippen LogP contribution in [0.3, 0.4) is 0 Å². The monoisotopic (exact) mass is 276 g/mol. The molecule has 62 valence electrons. The van der Waals surface area contributed by atoms with Crippen molar-refractivity contribution in [2.45, 2.75) is 5.54 Å². The summed E-state index contributed by atoms with van der Waals surface area (Å²) in [5.41, 5.74) is -1.59. The van der Waals surface area contributed by atoms with Crippen LogP contribution in [0.1, 0.15) is 0 Å². The van der Waals surface area contributed by atoms with Crippen molar-refractivity contribution in [1.29, 1.82) is 5.26 Å². The van der Waals surface area contributed by atoms with Crippen LogP contribution in [0.25, 0.3) is 0 Å². The molecule has 0 fully saturated rings. The summed E-state index contributed by atoms with van der Waals surface area (Å²) in [6, 6.07) is 1.69. The van der Waals surface area contributed by atoms with Crippen molar-refractivity contribution in [3.05, 3.63) is 21.9 Å². The van der Waals surface area contributed by atoms with E-state index in [1.165, 1.54) is 12.3 Å². The zero-order valence-electron chi connectivity index (χ0n) is 5.91. The number of aliphatic carboxylic acids is 1. The zero-order valence-corrected chi connectivity index (χ0v) is 8.07. The molecule has 1 aliphatic rings. The highest BCUT2D eigenvalue weighted by atomic mass is 127. The number of rotatable bonds is 1. The lowest BCUT2D eigenvalue weighted by Crippen LogP contribution is -2.47. The summed E-state index contributed by atoms with van der Waals surface area (Å²) in [7, 11) is 0. The Hall–Kier alpha value is -1.03. The number of nitriles is 1. The maximum atomic E-state index is 10.6. The topological polar surface area (TPSA) is 73.1 Å². The molecule has 0 saturated heterocycles. The van der Waals surface area contributed by atoms with E-state index in [0.29, 0.717) is 0 Å². The second-order valence-electron chi connectivity index (χ2n) is 2.23. The van der Waals surface area contributed by atoms with Gasteiger partial charge in [-0.25, -0.2) is 4.79 Å². The van der Waals surface area contributed by atoms with Crippen molar-refractivity contribution in [1.82, 2.24) is 5.32 Å². The smallest absolute Gasteiger partial charge is 0.348 e. The van der Waals surface area contributed by atoms with Gasteiger partial charge in [0.15, 0.2) is 0 Å². The van der Waals surface area contributed by atoms with Gasteiger partial charge in [0.2, 0.25) is 5.54 Å². The quantitative estimate of drug-likeness (QED) is 0.694. The van der Waals surface area contributed by atoms with Crippen LogP contribution < -0.4 is 5.32 Å². The lowest BCUT2D eigenvalue weighted by Gasteiger charge is -2.20. The summed E-state index contributed by atoms with van der Waals surface area (Å²) in [5.74, 6) is -1.19. The molecule has 1 atom stereocenters. The molecular formula is C7H5IN2O2. The summed E-state index contributed by atoms with van der Waals surface area (Å²) in [4.78, 5) is 10.6. The average Bonchev–Trinajstić information content (AvgIpc) is 2.06. The summed E-state index contributed by atoms with van der Waals surface area (Å²) >= 11 is 2.02. The Kier molecular flexibility index (Phi) is 2.38. The molecule has 0 bridgehead atoms. The van der Waals surface area contributed by atoms with Crippen LogP contribution >= 0.6 is 22.6 Å². The Morgan fingerprint density at radius 1 is 1.83 bits per heavy atom. The molecule has 1 aliphatic heterocycles. The second-order valence-corrected chi connectivity index (χ2v) is 3.48. The van der Waals surface area contributed by atoms with E-state index in [1.54, 1.807) is 12.1 Å². The lowest BCUT2D eigenvalue weighted by molar-refractivity contribution is -0.140. The molecule has 4 nitrogen and oxygen atoms in total. The number of nitrogens with zero attached hydrogens (tertiary/aromatic N) is 1. The number of carboxylic acid groups (broad SMARTS) is 1.